The van der Waals surface area contributed by atoms with Crippen molar-refractivity contribution in [2.45, 2.75) is 12.7 Å². The Labute approximate surface area is 167 Å². The molecule has 0 aliphatic carbocycles. The fourth-order valence-corrected chi connectivity index (χ4v) is 3.01. The van der Waals surface area contributed by atoms with Crippen LogP contribution in [0.15, 0.2) is 59.0 Å². The zero-order valence-electron chi connectivity index (χ0n) is 15.5. The lowest BCUT2D eigenvalue weighted by atomic mass is 10.2. The van der Waals surface area contributed by atoms with Crippen molar-refractivity contribution < 1.29 is 18.7 Å². The van der Waals surface area contributed by atoms with E-state index < -0.39 is 6.09 Å². The summed E-state index contributed by atoms with van der Waals surface area (Å²) in [5.41, 5.74) is 1.20. The third-order valence-electron chi connectivity index (χ3n) is 3.60. The van der Waals surface area contributed by atoms with Gasteiger partial charge in [-0.15, -0.1) is 22.0 Å². The van der Waals surface area contributed by atoms with Gasteiger partial charge in [-0.05, 0) is 31.2 Å². The third kappa shape index (κ3) is 5.75. The van der Waals surface area contributed by atoms with Crippen LogP contribution in [0.5, 0.6) is 5.75 Å². The Morgan fingerprint density at radius 3 is 2.71 bits per heavy atom. The maximum Gasteiger partial charge on any atom is 0.411 e. The summed E-state index contributed by atoms with van der Waals surface area (Å²) in [6, 6.07) is 16.9. The van der Waals surface area contributed by atoms with Gasteiger partial charge < -0.3 is 13.9 Å². The van der Waals surface area contributed by atoms with Crippen LogP contribution in [-0.2, 0) is 10.5 Å². The molecular formula is C20H21N3O4S. The van der Waals surface area contributed by atoms with Gasteiger partial charge in [-0.2, -0.15) is 0 Å². The number of anilines is 1. The van der Waals surface area contributed by atoms with E-state index in [0.717, 1.165) is 11.5 Å². The quantitative estimate of drug-likeness (QED) is 0.526. The number of amides is 1. The first-order valence-corrected chi connectivity index (χ1v) is 10.0. The van der Waals surface area contributed by atoms with E-state index in [1.165, 1.54) is 0 Å². The van der Waals surface area contributed by atoms with Gasteiger partial charge in [-0.25, -0.2) is 4.79 Å². The Morgan fingerprint density at radius 1 is 1.11 bits per heavy atom. The van der Waals surface area contributed by atoms with Gasteiger partial charge in [0, 0.05) is 5.75 Å². The second-order valence-corrected chi connectivity index (χ2v) is 6.71. The fraction of sp³-hybridized carbons (Fsp3) is 0.250. The minimum Gasteiger partial charge on any atom is -0.493 e. The predicted octanol–water partition coefficient (Wildman–Crippen LogP) is 4.62. The Balaban J connectivity index is 1.52. The molecule has 146 valence electrons. The molecule has 1 N–H and O–H groups in total. The molecule has 1 amide bonds. The van der Waals surface area contributed by atoms with Gasteiger partial charge in [0.1, 0.15) is 5.75 Å². The lowest BCUT2D eigenvalue weighted by Crippen LogP contribution is -2.13. The van der Waals surface area contributed by atoms with Gasteiger partial charge in [-0.3, -0.25) is 5.32 Å². The molecule has 0 aliphatic heterocycles. The van der Waals surface area contributed by atoms with Crippen LogP contribution in [0.3, 0.4) is 0 Å². The Kier molecular flexibility index (Phi) is 7.31. The number of hydrogen-bond donors (Lipinski definition) is 1. The zero-order chi connectivity index (χ0) is 19.6. The largest absolute Gasteiger partial charge is 0.493 e. The molecule has 0 radical (unpaired) electrons. The highest BCUT2D eigenvalue weighted by molar-refractivity contribution is 7.98. The highest BCUT2D eigenvalue weighted by Crippen LogP contribution is 2.27. The maximum atomic E-state index is 11.7. The molecule has 0 atom stereocenters. The minimum absolute atomic E-state index is 0.296. The van der Waals surface area contributed by atoms with Crippen LogP contribution in [0.25, 0.3) is 11.5 Å². The first kappa shape index (κ1) is 19.8. The number of carbonyl (C=O) groups excluding carboxylic acids is 1. The predicted molar refractivity (Wildman–Crippen MR) is 108 cm³/mol. The molecule has 2 aromatic carbocycles. The second-order valence-electron chi connectivity index (χ2n) is 5.61. The van der Waals surface area contributed by atoms with Crippen LogP contribution in [0, 0.1) is 0 Å². The Hall–Kier alpha value is -3.00. The van der Waals surface area contributed by atoms with E-state index in [-0.39, 0.29) is 0 Å². The van der Waals surface area contributed by atoms with Crippen LogP contribution < -0.4 is 10.1 Å². The van der Waals surface area contributed by atoms with Gasteiger partial charge in [-0.1, -0.05) is 30.3 Å². The maximum absolute atomic E-state index is 11.7. The number of ether oxygens (including phenoxy) is 2. The van der Waals surface area contributed by atoms with E-state index in [0.29, 0.717) is 42.0 Å². The van der Waals surface area contributed by atoms with Gasteiger partial charge in [0.15, 0.2) is 0 Å². The number of nitrogens with one attached hydrogen (secondary N) is 1. The molecule has 1 heterocycles. The summed E-state index contributed by atoms with van der Waals surface area (Å²) in [5, 5.41) is 10.9. The molecule has 0 unspecified atom stereocenters. The van der Waals surface area contributed by atoms with Crippen molar-refractivity contribution in [3.8, 4) is 17.2 Å². The number of rotatable bonds is 9. The third-order valence-corrected chi connectivity index (χ3v) is 4.51. The molecule has 0 bridgehead atoms. The highest BCUT2D eigenvalue weighted by Gasteiger charge is 2.14. The van der Waals surface area contributed by atoms with Crippen molar-refractivity contribution >= 4 is 23.5 Å². The molecule has 1 aromatic heterocycles. The molecule has 3 rings (SSSR count). The van der Waals surface area contributed by atoms with Crippen LogP contribution in [0.2, 0.25) is 0 Å². The number of aromatic nitrogens is 2. The van der Waals surface area contributed by atoms with E-state index in [9.17, 15) is 4.79 Å². The zero-order valence-corrected chi connectivity index (χ0v) is 16.3. The summed E-state index contributed by atoms with van der Waals surface area (Å²) in [5.74, 6) is 3.11. The normalized spacial score (nSPS) is 10.5. The molecule has 0 aliphatic rings. The lowest BCUT2D eigenvalue weighted by molar-refractivity contribution is 0.168. The fourth-order valence-electron chi connectivity index (χ4n) is 2.37. The lowest BCUT2D eigenvalue weighted by Gasteiger charge is -2.08. The monoisotopic (exact) mass is 399 g/mol. The van der Waals surface area contributed by atoms with Crippen molar-refractivity contribution in [3.63, 3.8) is 0 Å². The summed E-state index contributed by atoms with van der Waals surface area (Å²) < 4.78 is 16.3. The average molecular weight is 399 g/mol. The van der Waals surface area contributed by atoms with E-state index in [1.54, 1.807) is 30.8 Å². The summed E-state index contributed by atoms with van der Waals surface area (Å²) in [6.45, 7) is 2.64. The van der Waals surface area contributed by atoms with Gasteiger partial charge >= 0.3 is 6.09 Å². The number of carbonyl (C=O) groups is 1. The number of benzene rings is 2. The minimum atomic E-state index is -0.524. The molecule has 0 fully saturated rings. The number of para-hydroxylation sites is 2. The summed E-state index contributed by atoms with van der Waals surface area (Å²) in [7, 11) is 0. The smallest absolute Gasteiger partial charge is 0.411 e. The Morgan fingerprint density at radius 2 is 1.89 bits per heavy atom. The molecule has 8 heteroatoms. The van der Waals surface area contributed by atoms with Crippen molar-refractivity contribution in [2.24, 2.45) is 0 Å². The molecule has 28 heavy (non-hydrogen) atoms. The number of hydrogen-bond acceptors (Lipinski definition) is 7. The summed E-state index contributed by atoms with van der Waals surface area (Å²) in [4.78, 5) is 11.7. The molecular weight excluding hydrogens is 378 g/mol. The van der Waals surface area contributed by atoms with Gasteiger partial charge in [0.25, 0.3) is 0 Å². The van der Waals surface area contributed by atoms with Gasteiger partial charge in [0.2, 0.25) is 11.8 Å². The first-order valence-electron chi connectivity index (χ1n) is 8.87. The molecule has 3 aromatic rings. The van der Waals surface area contributed by atoms with Crippen LogP contribution >= 0.6 is 11.8 Å². The summed E-state index contributed by atoms with van der Waals surface area (Å²) in [6.07, 6.45) is -0.524. The van der Waals surface area contributed by atoms with Crippen LogP contribution in [0.4, 0.5) is 10.5 Å². The van der Waals surface area contributed by atoms with Crippen LogP contribution in [0.1, 0.15) is 12.8 Å². The van der Waals surface area contributed by atoms with Crippen LogP contribution in [-0.4, -0.2) is 35.3 Å². The van der Waals surface area contributed by atoms with Crippen molar-refractivity contribution in [1.82, 2.24) is 10.2 Å². The van der Waals surface area contributed by atoms with E-state index in [1.807, 2.05) is 42.5 Å². The molecule has 7 nitrogen and oxygen atoms in total. The number of nitrogens with zero attached hydrogens (tertiary/aromatic N) is 2. The van der Waals surface area contributed by atoms with E-state index >= 15 is 0 Å². The SMILES string of the molecule is CCOC(=O)Nc1ccccc1-c1nnc(CSCCOc2ccccc2)o1. The standard InChI is InChI=1S/C20H21N3O4S/c1-2-25-20(24)21-17-11-7-6-10-16(17)19-23-22-18(27-19)14-28-13-12-26-15-8-4-3-5-9-15/h3-11H,2,12-14H2,1H3,(H,21,24). The van der Waals surface area contributed by atoms with Gasteiger partial charge in [0.05, 0.1) is 30.2 Å². The first-order chi connectivity index (χ1) is 13.8. The molecule has 0 saturated heterocycles. The average Bonchev–Trinajstić information content (AvgIpc) is 3.18. The molecule has 0 saturated carbocycles. The topological polar surface area (TPSA) is 86.5 Å². The van der Waals surface area contributed by atoms with E-state index in [4.69, 9.17) is 13.9 Å². The van der Waals surface area contributed by atoms with Crippen molar-refractivity contribution in [3.05, 3.63) is 60.5 Å². The highest BCUT2D eigenvalue weighted by atomic mass is 32.2. The van der Waals surface area contributed by atoms with Crippen molar-refractivity contribution in [1.29, 1.82) is 0 Å². The summed E-state index contributed by atoms with van der Waals surface area (Å²) >= 11 is 1.64. The van der Waals surface area contributed by atoms with E-state index in [2.05, 4.69) is 15.5 Å². The van der Waals surface area contributed by atoms with Crippen molar-refractivity contribution in [2.75, 3.05) is 24.3 Å². The second kappa shape index (κ2) is 10.4. The number of thioether (sulfide) groups is 1. The Bertz CT molecular complexity index is 886. The molecule has 0 spiro atoms.